The number of fused-ring (bicyclic) bond motifs is 1. The number of pyridine rings is 2. The van der Waals surface area contributed by atoms with Gasteiger partial charge in [0.2, 0.25) is 0 Å². The summed E-state index contributed by atoms with van der Waals surface area (Å²) in [5.41, 5.74) is 3.72. The standard InChI is InChI=1S/C23H23N3O/c1-15(20-7-4-5-13-24-20)26(17-11-12-17)23(27)19-14-22(16-9-10-16)25-21-8-3-2-6-18(19)21/h2-8,13-17H,9-12H2,1H3. The molecule has 4 nitrogen and oxygen atoms in total. The molecule has 27 heavy (non-hydrogen) atoms. The summed E-state index contributed by atoms with van der Waals surface area (Å²) in [5, 5.41) is 0.950. The number of amides is 1. The molecule has 2 aliphatic rings. The van der Waals surface area contributed by atoms with Crippen LogP contribution in [0, 0.1) is 0 Å². The highest BCUT2D eigenvalue weighted by molar-refractivity contribution is 6.06. The molecule has 1 amide bonds. The highest BCUT2D eigenvalue weighted by Crippen LogP contribution is 2.41. The lowest BCUT2D eigenvalue weighted by atomic mass is 10.0. The van der Waals surface area contributed by atoms with Crippen LogP contribution in [0.2, 0.25) is 0 Å². The minimum Gasteiger partial charge on any atom is -0.327 e. The van der Waals surface area contributed by atoms with Crippen molar-refractivity contribution in [2.45, 2.75) is 50.6 Å². The van der Waals surface area contributed by atoms with Crippen LogP contribution >= 0.6 is 0 Å². The van der Waals surface area contributed by atoms with Gasteiger partial charge in [0, 0.05) is 29.2 Å². The molecule has 136 valence electrons. The first-order valence-electron chi connectivity index (χ1n) is 9.85. The van der Waals surface area contributed by atoms with E-state index in [9.17, 15) is 4.79 Å². The zero-order chi connectivity index (χ0) is 18.4. The van der Waals surface area contributed by atoms with E-state index in [1.807, 2.05) is 53.4 Å². The van der Waals surface area contributed by atoms with Crippen LogP contribution in [0.4, 0.5) is 0 Å². The van der Waals surface area contributed by atoms with Crippen LogP contribution < -0.4 is 0 Å². The number of rotatable bonds is 5. The Balaban J connectivity index is 1.59. The summed E-state index contributed by atoms with van der Waals surface area (Å²) in [6, 6.07) is 16.2. The molecule has 0 bridgehead atoms. The Morgan fingerprint density at radius 3 is 2.56 bits per heavy atom. The predicted octanol–water partition coefficient (Wildman–Crippen LogP) is 4.87. The molecule has 2 aromatic heterocycles. The molecule has 4 heteroatoms. The van der Waals surface area contributed by atoms with Gasteiger partial charge >= 0.3 is 0 Å². The first-order valence-corrected chi connectivity index (χ1v) is 9.85. The largest absolute Gasteiger partial charge is 0.327 e. The van der Waals surface area contributed by atoms with E-state index in [4.69, 9.17) is 4.98 Å². The number of carbonyl (C=O) groups is 1. The lowest BCUT2D eigenvalue weighted by molar-refractivity contribution is 0.0672. The van der Waals surface area contributed by atoms with Gasteiger partial charge in [0.15, 0.2) is 0 Å². The number of nitrogens with zero attached hydrogens (tertiary/aromatic N) is 3. The van der Waals surface area contributed by atoms with Crippen LogP contribution in [0.3, 0.4) is 0 Å². The molecular formula is C23H23N3O. The summed E-state index contributed by atoms with van der Waals surface area (Å²) in [5.74, 6) is 0.625. The highest BCUT2D eigenvalue weighted by Gasteiger charge is 2.38. The number of benzene rings is 1. The Labute approximate surface area is 159 Å². The zero-order valence-corrected chi connectivity index (χ0v) is 15.5. The van der Waals surface area contributed by atoms with Gasteiger partial charge in [0.05, 0.1) is 22.8 Å². The van der Waals surface area contributed by atoms with Gasteiger partial charge in [-0.25, -0.2) is 0 Å². The summed E-state index contributed by atoms with van der Waals surface area (Å²) in [4.78, 5) is 25.1. The Morgan fingerprint density at radius 1 is 1.07 bits per heavy atom. The second-order valence-corrected chi connectivity index (χ2v) is 7.76. The third-order valence-electron chi connectivity index (χ3n) is 5.67. The molecule has 3 aromatic rings. The van der Waals surface area contributed by atoms with Gasteiger partial charge in [-0.15, -0.1) is 0 Å². The van der Waals surface area contributed by atoms with Gasteiger partial charge in [-0.1, -0.05) is 24.3 Å². The van der Waals surface area contributed by atoms with E-state index in [0.29, 0.717) is 12.0 Å². The first kappa shape index (κ1) is 16.4. The van der Waals surface area contributed by atoms with Gasteiger partial charge in [0.1, 0.15) is 0 Å². The number of carbonyl (C=O) groups excluding carboxylic acids is 1. The minimum atomic E-state index is -0.0393. The van der Waals surface area contributed by atoms with Crippen LogP contribution in [-0.2, 0) is 0 Å². The van der Waals surface area contributed by atoms with Crippen molar-refractivity contribution < 1.29 is 4.79 Å². The Hall–Kier alpha value is -2.75. The number of hydrogen-bond donors (Lipinski definition) is 0. The van der Waals surface area contributed by atoms with E-state index in [1.165, 1.54) is 12.8 Å². The fraction of sp³-hybridized carbons (Fsp3) is 0.348. The lowest BCUT2D eigenvalue weighted by Gasteiger charge is -2.29. The van der Waals surface area contributed by atoms with Crippen molar-refractivity contribution in [3.8, 4) is 0 Å². The van der Waals surface area contributed by atoms with Crippen molar-refractivity contribution in [3.05, 3.63) is 71.7 Å². The molecule has 0 saturated heterocycles. The number of aromatic nitrogens is 2. The Morgan fingerprint density at radius 2 is 1.85 bits per heavy atom. The van der Waals surface area contributed by atoms with Gasteiger partial charge in [-0.3, -0.25) is 14.8 Å². The number of hydrogen-bond acceptors (Lipinski definition) is 3. The monoisotopic (exact) mass is 357 g/mol. The minimum absolute atomic E-state index is 0.0393. The molecule has 0 aliphatic heterocycles. The molecule has 2 fully saturated rings. The first-order chi connectivity index (χ1) is 13.2. The summed E-state index contributed by atoms with van der Waals surface area (Å²) < 4.78 is 0. The van der Waals surface area contributed by atoms with E-state index >= 15 is 0 Å². The molecule has 2 saturated carbocycles. The maximum absolute atomic E-state index is 13.7. The van der Waals surface area contributed by atoms with Crippen LogP contribution in [0.15, 0.2) is 54.7 Å². The molecule has 1 aromatic carbocycles. The third-order valence-corrected chi connectivity index (χ3v) is 5.67. The van der Waals surface area contributed by atoms with Crippen LogP contribution in [0.1, 0.15) is 66.3 Å². The highest BCUT2D eigenvalue weighted by atomic mass is 16.2. The normalized spacial score (nSPS) is 17.7. The quantitative estimate of drug-likeness (QED) is 0.654. The second kappa shape index (κ2) is 6.45. The average molecular weight is 357 g/mol. The fourth-order valence-electron chi connectivity index (χ4n) is 3.88. The summed E-state index contributed by atoms with van der Waals surface area (Å²) >= 11 is 0. The van der Waals surface area contributed by atoms with Crippen molar-refractivity contribution in [2.24, 2.45) is 0 Å². The van der Waals surface area contributed by atoms with Gasteiger partial charge < -0.3 is 4.90 Å². The van der Waals surface area contributed by atoms with E-state index in [1.54, 1.807) is 6.20 Å². The van der Waals surface area contributed by atoms with Gasteiger partial charge in [0.25, 0.3) is 5.91 Å². The average Bonchev–Trinajstić information content (AvgIpc) is 3.61. The SMILES string of the molecule is CC(c1ccccn1)N(C(=O)c1cc(C2CC2)nc2ccccc12)C1CC1. The van der Waals surface area contributed by atoms with Crippen LogP contribution in [0.5, 0.6) is 0 Å². The van der Waals surface area contributed by atoms with Gasteiger partial charge in [-0.05, 0) is 56.9 Å². The fourth-order valence-corrected chi connectivity index (χ4v) is 3.88. The van der Waals surface area contributed by atoms with Crippen molar-refractivity contribution in [3.63, 3.8) is 0 Å². The van der Waals surface area contributed by atoms with Crippen molar-refractivity contribution in [1.82, 2.24) is 14.9 Å². The molecule has 0 spiro atoms. The van der Waals surface area contributed by atoms with Gasteiger partial charge in [-0.2, -0.15) is 0 Å². The Kier molecular flexibility index (Phi) is 3.92. The van der Waals surface area contributed by atoms with Crippen LogP contribution in [-0.4, -0.2) is 26.8 Å². The molecule has 2 heterocycles. The molecular weight excluding hydrogens is 334 g/mol. The van der Waals surface area contributed by atoms with E-state index < -0.39 is 0 Å². The smallest absolute Gasteiger partial charge is 0.255 e. The van der Waals surface area contributed by atoms with E-state index in [0.717, 1.165) is 40.7 Å². The summed E-state index contributed by atoms with van der Waals surface area (Å²) in [6.45, 7) is 2.09. The Bertz CT molecular complexity index is 993. The zero-order valence-electron chi connectivity index (χ0n) is 15.5. The van der Waals surface area contributed by atoms with Crippen molar-refractivity contribution in [1.29, 1.82) is 0 Å². The summed E-state index contributed by atoms with van der Waals surface area (Å²) in [6.07, 6.45) is 6.29. The number of para-hydroxylation sites is 1. The van der Waals surface area contributed by atoms with Crippen LogP contribution in [0.25, 0.3) is 10.9 Å². The van der Waals surface area contributed by atoms with Crippen molar-refractivity contribution >= 4 is 16.8 Å². The molecule has 0 radical (unpaired) electrons. The van der Waals surface area contributed by atoms with E-state index in [-0.39, 0.29) is 11.9 Å². The molecule has 5 rings (SSSR count). The van der Waals surface area contributed by atoms with E-state index in [2.05, 4.69) is 11.9 Å². The molecule has 1 unspecified atom stereocenters. The topological polar surface area (TPSA) is 46.1 Å². The summed E-state index contributed by atoms with van der Waals surface area (Å²) in [7, 11) is 0. The second-order valence-electron chi connectivity index (χ2n) is 7.76. The molecule has 2 aliphatic carbocycles. The third kappa shape index (κ3) is 3.09. The maximum Gasteiger partial charge on any atom is 0.255 e. The molecule has 0 N–H and O–H groups in total. The van der Waals surface area contributed by atoms with Crippen molar-refractivity contribution in [2.75, 3.05) is 0 Å². The predicted molar refractivity (Wildman–Crippen MR) is 106 cm³/mol. The molecule has 1 atom stereocenters. The maximum atomic E-state index is 13.7. The lowest BCUT2D eigenvalue weighted by Crippen LogP contribution is -2.36.